The van der Waals surface area contributed by atoms with Crippen LogP contribution in [-0.4, -0.2) is 66.3 Å². The summed E-state index contributed by atoms with van der Waals surface area (Å²) in [5.41, 5.74) is 0. The van der Waals surface area contributed by atoms with E-state index in [1.807, 2.05) is 0 Å². The Hall–Kier alpha value is -2.36. The Bertz CT molecular complexity index is 1190. The third-order valence-electron chi connectivity index (χ3n) is 9.35. The maximum atomic E-state index is 12.6. The average Bonchev–Trinajstić information content (AvgIpc) is 3.23. The molecule has 3 unspecified atom stereocenters. The highest BCUT2D eigenvalue weighted by molar-refractivity contribution is 7.47. The number of allylic oxidation sites excluding steroid dienone is 14. The summed E-state index contributed by atoms with van der Waals surface area (Å²) < 4.78 is 33.4. The number of carbonyl (C=O) groups is 1. The Balaban J connectivity index is 4.24. The number of unbranched alkanes of at least 4 members (excludes halogenated alkanes) is 15. The van der Waals surface area contributed by atoms with Crippen molar-refractivity contribution in [2.24, 2.45) is 0 Å². The molecule has 0 amide bonds. The predicted octanol–water partition coefficient (Wildman–Crippen LogP) is 13.1. The maximum Gasteiger partial charge on any atom is 0.472 e. The molecule has 3 atom stereocenters. The maximum absolute atomic E-state index is 12.6. The van der Waals surface area contributed by atoms with Crippen LogP contribution in [0.1, 0.15) is 174 Å². The number of aliphatic hydroxyl groups is 2. The van der Waals surface area contributed by atoms with Crippen molar-refractivity contribution >= 4 is 13.8 Å². The van der Waals surface area contributed by atoms with Crippen LogP contribution >= 0.6 is 7.82 Å². The van der Waals surface area contributed by atoms with Gasteiger partial charge in [-0.3, -0.25) is 13.8 Å². The smallest absolute Gasteiger partial charge is 0.457 e. The number of aliphatic hydroxyl groups excluding tert-OH is 2. The summed E-state index contributed by atoms with van der Waals surface area (Å²) in [6.07, 6.45) is 55.5. The molecule has 0 fully saturated rings. The van der Waals surface area contributed by atoms with Gasteiger partial charge >= 0.3 is 13.8 Å². The van der Waals surface area contributed by atoms with Crippen molar-refractivity contribution in [2.75, 3.05) is 33.0 Å². The van der Waals surface area contributed by atoms with Gasteiger partial charge in [-0.25, -0.2) is 4.57 Å². The summed E-state index contributed by atoms with van der Waals surface area (Å²) in [5.74, 6) is -0.400. The van der Waals surface area contributed by atoms with E-state index in [1.54, 1.807) is 0 Å². The second-order valence-corrected chi connectivity index (χ2v) is 16.5. The van der Waals surface area contributed by atoms with Gasteiger partial charge in [0.15, 0.2) is 0 Å². The highest BCUT2D eigenvalue weighted by atomic mass is 31.2. The molecule has 0 radical (unpaired) electrons. The topological polar surface area (TPSA) is 132 Å². The first kappa shape index (κ1) is 56.6. The molecule has 9 nitrogen and oxygen atoms in total. The number of rotatable bonds is 43. The van der Waals surface area contributed by atoms with Crippen molar-refractivity contribution < 1.29 is 43.0 Å². The standard InChI is InChI=1S/C49H85O9P/c1-3-5-7-9-11-13-15-17-19-20-21-22-23-24-25-26-27-28-30-32-34-36-38-40-42-55-45-48(46-57-59(53,54)56-44-47(51)43-50)58-49(52)41-39-37-35-33-31-29-18-16-14-12-10-8-6-4-2/h5,7,11,13,17,19,21-22,24-25,27-28,32,34,47-48,50-51H,3-4,6,8-10,12,14-16,18,20,23,26,29-31,33,35-46H2,1-2H3,(H,53,54)/b7-5-,13-11-,19-17-,22-21-,25-24-,28-27-,34-32-. The van der Waals surface area contributed by atoms with Crippen LogP contribution in [0.4, 0.5) is 0 Å². The van der Waals surface area contributed by atoms with Crippen LogP contribution in [0.15, 0.2) is 85.1 Å². The minimum atomic E-state index is -4.53. The minimum absolute atomic E-state index is 0.0161. The predicted molar refractivity (Wildman–Crippen MR) is 246 cm³/mol. The summed E-state index contributed by atoms with van der Waals surface area (Å²) in [4.78, 5) is 22.6. The van der Waals surface area contributed by atoms with Crippen molar-refractivity contribution in [1.29, 1.82) is 0 Å². The molecule has 0 saturated carbocycles. The SMILES string of the molecule is CC/C=C\C/C=C\C/C=C\C/C=C\C/C=C\C/C=C\C/C=C\CCCCOCC(COP(=O)(O)OCC(O)CO)OC(=O)CCCCCCCCCCCCCCCC. The van der Waals surface area contributed by atoms with Gasteiger partial charge in [0.1, 0.15) is 12.2 Å². The van der Waals surface area contributed by atoms with Crippen LogP contribution in [-0.2, 0) is 27.9 Å². The first-order valence-electron chi connectivity index (χ1n) is 23.1. The quantitative estimate of drug-likeness (QED) is 0.0237. The molecule has 0 saturated heterocycles. The minimum Gasteiger partial charge on any atom is -0.457 e. The molecule has 10 heteroatoms. The molecule has 0 spiro atoms. The van der Waals surface area contributed by atoms with Crippen LogP contribution in [0.2, 0.25) is 0 Å². The van der Waals surface area contributed by atoms with Gasteiger partial charge in [-0.1, -0.05) is 182 Å². The van der Waals surface area contributed by atoms with Gasteiger partial charge in [0.2, 0.25) is 0 Å². The number of phosphoric ester groups is 1. The van der Waals surface area contributed by atoms with Crippen molar-refractivity contribution in [2.45, 2.75) is 187 Å². The molecule has 0 aliphatic carbocycles. The average molecular weight is 849 g/mol. The molecule has 0 aliphatic rings. The normalized spacial score (nSPS) is 14.7. The molecule has 0 aromatic carbocycles. The van der Waals surface area contributed by atoms with Gasteiger partial charge in [-0.2, -0.15) is 0 Å². The van der Waals surface area contributed by atoms with E-state index in [-0.39, 0.29) is 13.0 Å². The van der Waals surface area contributed by atoms with E-state index in [1.165, 1.54) is 70.6 Å². The fourth-order valence-electron chi connectivity index (χ4n) is 5.86. The van der Waals surface area contributed by atoms with E-state index in [0.717, 1.165) is 83.5 Å². The molecule has 0 bridgehead atoms. The molecule has 0 heterocycles. The molecule has 59 heavy (non-hydrogen) atoms. The summed E-state index contributed by atoms with van der Waals surface area (Å²) in [7, 11) is -4.53. The highest BCUT2D eigenvalue weighted by Crippen LogP contribution is 2.43. The number of ether oxygens (including phenoxy) is 2. The zero-order chi connectivity index (χ0) is 43.2. The summed E-state index contributed by atoms with van der Waals surface area (Å²) in [6.45, 7) is 3.28. The second-order valence-electron chi connectivity index (χ2n) is 15.0. The van der Waals surface area contributed by atoms with Crippen LogP contribution < -0.4 is 0 Å². The molecule has 0 aromatic heterocycles. The molecule has 0 aliphatic heterocycles. The Morgan fingerprint density at radius 1 is 0.542 bits per heavy atom. The van der Waals surface area contributed by atoms with Crippen LogP contribution in [0.5, 0.6) is 0 Å². The van der Waals surface area contributed by atoms with E-state index < -0.39 is 45.8 Å². The highest BCUT2D eigenvalue weighted by Gasteiger charge is 2.26. The lowest BCUT2D eigenvalue weighted by Crippen LogP contribution is -2.29. The molecular formula is C49H85O9P. The zero-order valence-corrected chi connectivity index (χ0v) is 38.1. The summed E-state index contributed by atoms with van der Waals surface area (Å²) in [6, 6.07) is 0. The first-order valence-corrected chi connectivity index (χ1v) is 24.6. The Morgan fingerprint density at radius 2 is 0.966 bits per heavy atom. The molecule has 3 N–H and O–H groups in total. The van der Waals surface area contributed by atoms with E-state index in [0.29, 0.717) is 6.61 Å². The molecule has 340 valence electrons. The lowest BCUT2D eigenvalue weighted by molar-refractivity contribution is -0.154. The first-order chi connectivity index (χ1) is 28.8. The van der Waals surface area contributed by atoms with E-state index in [2.05, 4.69) is 98.9 Å². The van der Waals surface area contributed by atoms with Gasteiger partial charge in [0.05, 0.1) is 26.4 Å². The van der Waals surface area contributed by atoms with Gasteiger partial charge < -0.3 is 24.6 Å². The van der Waals surface area contributed by atoms with Gasteiger partial charge in [0.25, 0.3) is 0 Å². The van der Waals surface area contributed by atoms with Crippen molar-refractivity contribution in [3.63, 3.8) is 0 Å². The number of hydrogen-bond donors (Lipinski definition) is 3. The fraction of sp³-hybridized carbons (Fsp3) is 0.694. The third kappa shape index (κ3) is 45.0. The van der Waals surface area contributed by atoms with E-state index >= 15 is 0 Å². The summed E-state index contributed by atoms with van der Waals surface area (Å²) >= 11 is 0. The lowest BCUT2D eigenvalue weighted by Gasteiger charge is -2.20. The van der Waals surface area contributed by atoms with Crippen molar-refractivity contribution in [1.82, 2.24) is 0 Å². The Morgan fingerprint density at radius 3 is 1.42 bits per heavy atom. The van der Waals surface area contributed by atoms with Crippen molar-refractivity contribution in [3.05, 3.63) is 85.1 Å². The summed E-state index contributed by atoms with van der Waals surface area (Å²) in [5, 5.41) is 18.4. The van der Waals surface area contributed by atoms with Crippen LogP contribution in [0, 0.1) is 0 Å². The second kappa shape index (κ2) is 45.2. The van der Waals surface area contributed by atoms with Crippen LogP contribution in [0.3, 0.4) is 0 Å². The van der Waals surface area contributed by atoms with Gasteiger partial charge in [0, 0.05) is 13.0 Å². The number of carbonyl (C=O) groups excluding carboxylic acids is 1. The van der Waals surface area contributed by atoms with Crippen molar-refractivity contribution in [3.8, 4) is 0 Å². The van der Waals surface area contributed by atoms with Gasteiger partial charge in [-0.05, 0) is 70.6 Å². The zero-order valence-electron chi connectivity index (χ0n) is 37.2. The molecule has 0 rings (SSSR count). The third-order valence-corrected chi connectivity index (χ3v) is 10.3. The number of esters is 1. The van der Waals surface area contributed by atoms with Gasteiger partial charge in [-0.15, -0.1) is 0 Å². The Labute approximate surface area is 360 Å². The number of phosphoric acid groups is 1. The van der Waals surface area contributed by atoms with Crippen LogP contribution in [0.25, 0.3) is 0 Å². The fourth-order valence-corrected chi connectivity index (χ4v) is 6.65. The monoisotopic (exact) mass is 849 g/mol. The molecule has 0 aromatic rings. The largest absolute Gasteiger partial charge is 0.472 e. The van der Waals surface area contributed by atoms with E-state index in [4.69, 9.17) is 23.6 Å². The molecular weight excluding hydrogens is 764 g/mol. The number of hydrogen-bond acceptors (Lipinski definition) is 8. The Kier molecular flexibility index (Phi) is 43.4. The lowest BCUT2D eigenvalue weighted by atomic mass is 10.0. The van der Waals surface area contributed by atoms with E-state index in [9.17, 15) is 19.4 Å².